The zero-order valence-electron chi connectivity index (χ0n) is 14.3. The van der Waals surface area contributed by atoms with Crippen molar-refractivity contribution in [1.29, 1.82) is 0 Å². The van der Waals surface area contributed by atoms with Crippen molar-refractivity contribution in [3.63, 3.8) is 0 Å². The van der Waals surface area contributed by atoms with E-state index < -0.39 is 0 Å². The number of H-pyrrole nitrogens is 2. The molecule has 0 aliphatic heterocycles. The zero-order valence-corrected chi connectivity index (χ0v) is 14.3. The highest BCUT2D eigenvalue weighted by molar-refractivity contribution is 6.05. The van der Waals surface area contributed by atoms with Gasteiger partial charge in [-0.2, -0.15) is 5.10 Å². The molecule has 132 valence electrons. The highest BCUT2D eigenvalue weighted by Gasteiger charge is 2.10. The first-order valence-electron chi connectivity index (χ1n) is 8.01. The summed E-state index contributed by atoms with van der Waals surface area (Å²) < 4.78 is 1.33. The Bertz CT molecular complexity index is 1170. The van der Waals surface area contributed by atoms with Crippen LogP contribution in [-0.4, -0.2) is 49.5 Å². The Morgan fingerprint density at radius 2 is 2.12 bits per heavy atom. The maximum atomic E-state index is 12.5. The number of fused-ring (bicyclic) bond motifs is 2. The zero-order chi connectivity index (χ0) is 18.3. The number of nitrogens with zero attached hydrogens (tertiary/aromatic N) is 4. The van der Waals surface area contributed by atoms with Gasteiger partial charge in [0.15, 0.2) is 5.65 Å². The molecule has 4 rings (SSSR count). The molecule has 0 unspecified atom stereocenters. The number of amides is 1. The van der Waals surface area contributed by atoms with Crippen molar-refractivity contribution >= 4 is 28.3 Å². The number of imidazole rings is 1. The topological polar surface area (TPSA) is 111 Å². The second-order valence-electron chi connectivity index (χ2n) is 6.28. The van der Waals surface area contributed by atoms with E-state index in [0.717, 1.165) is 16.9 Å². The Kier molecular flexibility index (Phi) is 3.77. The first-order valence-corrected chi connectivity index (χ1v) is 8.01. The quantitative estimate of drug-likeness (QED) is 0.512. The van der Waals surface area contributed by atoms with Crippen LogP contribution < -0.4 is 11.0 Å². The summed E-state index contributed by atoms with van der Waals surface area (Å²) >= 11 is 0. The van der Waals surface area contributed by atoms with Gasteiger partial charge in [-0.15, -0.1) is 0 Å². The minimum Gasteiger partial charge on any atom is -0.341 e. The number of nitrogens with one attached hydrogen (secondary N) is 3. The summed E-state index contributed by atoms with van der Waals surface area (Å²) in [5, 5.41) is 9.05. The summed E-state index contributed by atoms with van der Waals surface area (Å²) in [5.74, 6) is 0.582. The third kappa shape index (κ3) is 2.95. The van der Waals surface area contributed by atoms with Gasteiger partial charge in [-0.05, 0) is 44.4 Å². The molecule has 4 aromatic rings. The molecule has 1 amide bonds. The van der Waals surface area contributed by atoms with E-state index in [2.05, 4.69) is 25.5 Å². The highest BCUT2D eigenvalue weighted by Crippen LogP contribution is 2.18. The van der Waals surface area contributed by atoms with Crippen molar-refractivity contribution < 1.29 is 4.79 Å². The molecule has 1 aromatic carbocycles. The lowest BCUT2D eigenvalue weighted by Gasteiger charge is -2.05. The molecule has 0 atom stereocenters. The van der Waals surface area contributed by atoms with Gasteiger partial charge in [0.2, 0.25) is 0 Å². The van der Waals surface area contributed by atoms with Gasteiger partial charge in [-0.1, -0.05) is 0 Å². The minimum atomic E-state index is -0.342. The summed E-state index contributed by atoms with van der Waals surface area (Å²) in [5.41, 5.74) is 2.81. The first-order chi connectivity index (χ1) is 12.5. The van der Waals surface area contributed by atoms with Crippen LogP contribution in [0.3, 0.4) is 0 Å². The van der Waals surface area contributed by atoms with Crippen LogP contribution in [0, 0.1) is 0 Å². The Hall–Kier alpha value is -3.46. The van der Waals surface area contributed by atoms with Gasteiger partial charge < -0.3 is 15.2 Å². The number of carbonyl (C=O) groups excluding carboxylic acids is 1. The Labute approximate surface area is 147 Å². The third-order valence-corrected chi connectivity index (χ3v) is 3.94. The third-order valence-electron chi connectivity index (χ3n) is 3.94. The highest BCUT2D eigenvalue weighted by atomic mass is 16.2. The predicted molar refractivity (Wildman–Crippen MR) is 97.3 cm³/mol. The molecule has 0 saturated heterocycles. The van der Waals surface area contributed by atoms with Gasteiger partial charge in [0, 0.05) is 17.4 Å². The van der Waals surface area contributed by atoms with E-state index in [-0.39, 0.29) is 11.6 Å². The van der Waals surface area contributed by atoms with E-state index in [1.165, 1.54) is 10.6 Å². The number of anilines is 1. The van der Waals surface area contributed by atoms with E-state index >= 15 is 0 Å². The van der Waals surface area contributed by atoms with E-state index in [4.69, 9.17) is 0 Å². The monoisotopic (exact) mass is 351 g/mol. The molecule has 0 spiro atoms. The number of carbonyl (C=O) groups is 1. The van der Waals surface area contributed by atoms with Gasteiger partial charge >= 0.3 is 5.69 Å². The van der Waals surface area contributed by atoms with Crippen molar-refractivity contribution in [3.8, 4) is 0 Å². The fraction of sp³-hybridized carbons (Fsp3) is 0.176. The number of aromatic amines is 2. The molecule has 3 N–H and O–H groups in total. The molecule has 0 fully saturated rings. The second-order valence-corrected chi connectivity index (χ2v) is 6.28. The molecule has 0 aliphatic carbocycles. The van der Waals surface area contributed by atoms with Gasteiger partial charge in [-0.25, -0.2) is 14.9 Å². The maximum absolute atomic E-state index is 12.5. The lowest BCUT2D eigenvalue weighted by molar-refractivity contribution is 0.102. The smallest absolute Gasteiger partial charge is 0.341 e. The van der Waals surface area contributed by atoms with Gasteiger partial charge in [0.05, 0.1) is 17.6 Å². The van der Waals surface area contributed by atoms with E-state index in [9.17, 15) is 9.59 Å². The predicted octanol–water partition coefficient (Wildman–Crippen LogP) is 1.21. The van der Waals surface area contributed by atoms with Crippen LogP contribution in [0.5, 0.6) is 0 Å². The van der Waals surface area contributed by atoms with Crippen molar-refractivity contribution in [2.45, 2.75) is 6.54 Å². The van der Waals surface area contributed by atoms with E-state index in [1.807, 2.05) is 31.1 Å². The summed E-state index contributed by atoms with van der Waals surface area (Å²) in [6, 6.07) is 8.63. The average Bonchev–Trinajstić information content (AvgIpc) is 3.16. The molecule has 0 radical (unpaired) electrons. The number of pyridine rings is 1. The Balaban J connectivity index is 1.58. The van der Waals surface area contributed by atoms with Crippen LogP contribution in [0.2, 0.25) is 0 Å². The number of hydrogen-bond donors (Lipinski definition) is 3. The van der Waals surface area contributed by atoms with Crippen molar-refractivity contribution in [3.05, 3.63) is 58.4 Å². The normalized spacial score (nSPS) is 11.5. The number of rotatable bonds is 4. The van der Waals surface area contributed by atoms with Crippen LogP contribution in [0.1, 0.15) is 16.2 Å². The summed E-state index contributed by atoms with van der Waals surface area (Å²) in [6.45, 7) is 0.708. The largest absolute Gasteiger partial charge is 0.347 e. The number of benzene rings is 1. The molecule has 0 bridgehead atoms. The number of hydrogen-bond acceptors (Lipinski definition) is 5. The molecule has 26 heavy (non-hydrogen) atoms. The lowest BCUT2D eigenvalue weighted by Crippen LogP contribution is -2.13. The fourth-order valence-electron chi connectivity index (χ4n) is 2.76. The lowest BCUT2D eigenvalue weighted by atomic mass is 10.2. The summed E-state index contributed by atoms with van der Waals surface area (Å²) in [6.07, 6.45) is 1.52. The van der Waals surface area contributed by atoms with Crippen LogP contribution in [0.4, 0.5) is 5.69 Å². The minimum absolute atomic E-state index is 0.282. The molecule has 9 heteroatoms. The van der Waals surface area contributed by atoms with Crippen LogP contribution >= 0.6 is 0 Å². The van der Waals surface area contributed by atoms with Gasteiger partial charge in [0.1, 0.15) is 5.82 Å². The standard InChI is InChI=1S/C17H17N7O2/c1-23(2)9-14-19-12-4-3-11(8-13(12)20-14)18-16(25)10-5-6-24-15(7-10)21-22-17(24)26/h3-8H,9H2,1-2H3,(H,18,25)(H,19,20)(H,22,26). The van der Waals surface area contributed by atoms with E-state index in [1.54, 1.807) is 18.2 Å². The second kappa shape index (κ2) is 6.12. The summed E-state index contributed by atoms with van der Waals surface area (Å²) in [4.78, 5) is 33.7. The van der Waals surface area contributed by atoms with Crippen molar-refractivity contribution in [1.82, 2.24) is 29.5 Å². The molecular formula is C17H17N7O2. The van der Waals surface area contributed by atoms with Crippen molar-refractivity contribution in [2.75, 3.05) is 19.4 Å². The molecule has 0 aliphatic rings. The SMILES string of the molecule is CN(C)Cc1nc2ccc(NC(=O)c3ccn4c(=O)[nH]nc4c3)cc2[nH]1. The molecular weight excluding hydrogens is 334 g/mol. The first kappa shape index (κ1) is 16.0. The molecule has 3 heterocycles. The van der Waals surface area contributed by atoms with Gasteiger partial charge in [-0.3, -0.25) is 9.20 Å². The van der Waals surface area contributed by atoms with Crippen molar-refractivity contribution in [2.24, 2.45) is 0 Å². The van der Waals surface area contributed by atoms with Crippen LogP contribution in [0.25, 0.3) is 16.7 Å². The number of aromatic nitrogens is 5. The Morgan fingerprint density at radius 1 is 1.27 bits per heavy atom. The fourth-order valence-corrected chi connectivity index (χ4v) is 2.76. The Morgan fingerprint density at radius 3 is 2.92 bits per heavy atom. The molecule has 9 nitrogen and oxygen atoms in total. The molecule has 0 saturated carbocycles. The van der Waals surface area contributed by atoms with Crippen LogP contribution in [-0.2, 0) is 6.54 Å². The summed E-state index contributed by atoms with van der Waals surface area (Å²) in [7, 11) is 3.95. The molecule has 3 aromatic heterocycles. The van der Waals surface area contributed by atoms with E-state index in [0.29, 0.717) is 23.4 Å². The average molecular weight is 351 g/mol. The van der Waals surface area contributed by atoms with Gasteiger partial charge in [0.25, 0.3) is 5.91 Å². The van der Waals surface area contributed by atoms with Crippen LogP contribution in [0.15, 0.2) is 41.3 Å². The maximum Gasteiger partial charge on any atom is 0.347 e.